The van der Waals surface area contributed by atoms with E-state index in [4.69, 9.17) is 27.9 Å². The van der Waals surface area contributed by atoms with Crippen LogP contribution in [0, 0.1) is 5.41 Å². The van der Waals surface area contributed by atoms with Crippen LogP contribution in [-0.2, 0) is 9.59 Å². The quantitative estimate of drug-likeness (QED) is 0.807. The number of aliphatic hydroxyl groups is 1. The highest BCUT2D eigenvalue weighted by molar-refractivity contribution is 6.34. The number of hydrogen-bond donors (Lipinski definition) is 1. The Morgan fingerprint density at radius 3 is 2.67 bits per heavy atom. The molecular weight excluding hydrogens is 353 g/mol. The Labute approximate surface area is 150 Å². The first-order valence-corrected chi connectivity index (χ1v) is 8.78. The minimum atomic E-state index is -0.982. The van der Waals surface area contributed by atoms with Crippen LogP contribution in [0.1, 0.15) is 32.1 Å². The van der Waals surface area contributed by atoms with E-state index in [9.17, 15) is 14.7 Å². The minimum Gasteiger partial charge on any atom is -0.489 e. The molecule has 2 amide bonds. The molecule has 5 nitrogen and oxygen atoms in total. The van der Waals surface area contributed by atoms with Gasteiger partial charge in [-0.05, 0) is 25.0 Å². The molecule has 24 heavy (non-hydrogen) atoms. The topological polar surface area (TPSA) is 66.8 Å². The molecule has 1 aliphatic carbocycles. The first-order valence-electron chi connectivity index (χ1n) is 8.02. The number of likely N-dealkylation sites (tertiary alicyclic amines) is 1. The van der Waals surface area contributed by atoms with Gasteiger partial charge < -0.3 is 9.84 Å². The fourth-order valence-corrected chi connectivity index (χ4v) is 3.86. The molecule has 7 heteroatoms. The normalized spacial score (nSPS) is 20.9. The molecule has 1 N–H and O–H groups in total. The van der Waals surface area contributed by atoms with Gasteiger partial charge in [0.2, 0.25) is 11.8 Å². The summed E-state index contributed by atoms with van der Waals surface area (Å²) in [5, 5.41) is 11.0. The number of β-amino-alcohol motifs (C(OH)–C–C–N with tert-alkyl or cyclic N) is 1. The van der Waals surface area contributed by atoms with E-state index < -0.39 is 11.5 Å². The molecule has 130 valence electrons. The minimum absolute atomic E-state index is 0.0579. The number of rotatable bonds is 5. The number of carbonyl (C=O) groups is 2. The SMILES string of the molecule is O=C1CC2(CCCC2)C(=O)N1CC(O)COc1cc(Cl)ccc1Cl. The van der Waals surface area contributed by atoms with Crippen molar-refractivity contribution in [2.75, 3.05) is 13.2 Å². The number of amides is 2. The van der Waals surface area contributed by atoms with Gasteiger partial charge >= 0.3 is 0 Å². The van der Waals surface area contributed by atoms with E-state index in [0.717, 1.165) is 25.7 Å². The van der Waals surface area contributed by atoms with Crippen LogP contribution in [-0.4, -0.2) is 41.1 Å². The lowest BCUT2D eigenvalue weighted by molar-refractivity contribution is -0.143. The number of halogens is 2. The Bertz CT molecular complexity index is 658. The van der Waals surface area contributed by atoms with Crippen LogP contribution in [0.25, 0.3) is 0 Å². The molecule has 0 aromatic heterocycles. The number of nitrogens with zero attached hydrogens (tertiary/aromatic N) is 1. The summed E-state index contributed by atoms with van der Waals surface area (Å²) in [5.74, 6) is 0.00105. The third-order valence-electron chi connectivity index (χ3n) is 4.77. The van der Waals surface area contributed by atoms with Gasteiger partial charge in [-0.1, -0.05) is 36.0 Å². The molecule has 2 fully saturated rings. The van der Waals surface area contributed by atoms with Crippen LogP contribution in [0.4, 0.5) is 0 Å². The summed E-state index contributed by atoms with van der Waals surface area (Å²) in [6.07, 6.45) is 2.76. The summed E-state index contributed by atoms with van der Waals surface area (Å²) in [6, 6.07) is 4.79. The molecule has 1 atom stereocenters. The first-order chi connectivity index (χ1) is 11.4. The van der Waals surface area contributed by atoms with Gasteiger partial charge in [-0.2, -0.15) is 0 Å². The third kappa shape index (κ3) is 3.39. The molecule has 2 aliphatic rings. The first kappa shape index (κ1) is 17.5. The lowest BCUT2D eigenvalue weighted by Crippen LogP contribution is -2.41. The van der Waals surface area contributed by atoms with Crippen LogP contribution in [0.2, 0.25) is 10.0 Å². The highest BCUT2D eigenvalue weighted by Crippen LogP contribution is 2.46. The zero-order chi connectivity index (χ0) is 17.3. The van der Waals surface area contributed by atoms with Gasteiger partial charge in [0.1, 0.15) is 18.5 Å². The van der Waals surface area contributed by atoms with Crippen LogP contribution >= 0.6 is 23.2 Å². The maximum absolute atomic E-state index is 12.6. The van der Waals surface area contributed by atoms with Crippen molar-refractivity contribution in [2.45, 2.75) is 38.2 Å². The lowest BCUT2D eigenvalue weighted by atomic mass is 9.84. The second-order valence-corrected chi connectivity index (χ2v) is 7.36. The lowest BCUT2D eigenvalue weighted by Gasteiger charge is -2.23. The number of carbonyl (C=O) groups excluding carboxylic acids is 2. The van der Waals surface area contributed by atoms with Gasteiger partial charge in [0.25, 0.3) is 0 Å². The van der Waals surface area contributed by atoms with E-state index >= 15 is 0 Å². The van der Waals surface area contributed by atoms with E-state index in [1.165, 1.54) is 4.90 Å². The summed E-state index contributed by atoms with van der Waals surface area (Å²) in [4.78, 5) is 25.9. The summed E-state index contributed by atoms with van der Waals surface area (Å²) < 4.78 is 5.46. The van der Waals surface area contributed by atoms with Crippen molar-refractivity contribution in [3.05, 3.63) is 28.2 Å². The van der Waals surface area contributed by atoms with Crippen LogP contribution in [0.3, 0.4) is 0 Å². The zero-order valence-electron chi connectivity index (χ0n) is 13.1. The molecular formula is C17H19Cl2NO4. The second kappa shape index (κ2) is 6.90. The number of benzene rings is 1. The molecule has 1 saturated carbocycles. The molecule has 0 radical (unpaired) electrons. The molecule has 1 spiro atoms. The average molecular weight is 372 g/mol. The molecule has 3 rings (SSSR count). The van der Waals surface area contributed by atoms with Crippen molar-refractivity contribution in [2.24, 2.45) is 5.41 Å². The average Bonchev–Trinajstić information content (AvgIpc) is 3.10. The third-order valence-corrected chi connectivity index (χ3v) is 5.32. The standard InChI is InChI=1S/C17H19Cl2NO4/c18-11-3-4-13(19)14(7-11)24-10-12(21)9-20-15(22)8-17(16(20)23)5-1-2-6-17/h3-4,7,12,21H,1-2,5-6,8-10H2. The van der Waals surface area contributed by atoms with Gasteiger partial charge in [-0.15, -0.1) is 0 Å². The van der Waals surface area contributed by atoms with E-state index in [1.54, 1.807) is 18.2 Å². The predicted molar refractivity (Wildman–Crippen MR) is 90.2 cm³/mol. The van der Waals surface area contributed by atoms with E-state index in [1.807, 2.05) is 0 Å². The van der Waals surface area contributed by atoms with Crippen molar-refractivity contribution in [3.63, 3.8) is 0 Å². The van der Waals surface area contributed by atoms with E-state index in [0.29, 0.717) is 15.8 Å². The Kier molecular flexibility index (Phi) is 5.04. The summed E-state index contributed by atoms with van der Waals surface area (Å²) in [5.41, 5.74) is -0.520. The van der Waals surface area contributed by atoms with Crippen molar-refractivity contribution in [3.8, 4) is 5.75 Å². The molecule has 1 unspecified atom stereocenters. The second-order valence-electron chi connectivity index (χ2n) is 6.51. The van der Waals surface area contributed by atoms with E-state index in [2.05, 4.69) is 0 Å². The number of imide groups is 1. The molecule has 1 heterocycles. The molecule has 1 aromatic carbocycles. The molecule has 1 saturated heterocycles. The Balaban J connectivity index is 1.59. The highest BCUT2D eigenvalue weighted by atomic mass is 35.5. The Morgan fingerprint density at radius 1 is 1.25 bits per heavy atom. The van der Waals surface area contributed by atoms with Gasteiger partial charge in [0.05, 0.1) is 17.0 Å². The molecule has 0 bridgehead atoms. The number of ether oxygens (including phenoxy) is 1. The molecule has 1 aliphatic heterocycles. The summed E-state index contributed by atoms with van der Waals surface area (Å²) in [7, 11) is 0. The van der Waals surface area contributed by atoms with Crippen LogP contribution in [0.15, 0.2) is 18.2 Å². The zero-order valence-corrected chi connectivity index (χ0v) is 14.6. The monoisotopic (exact) mass is 371 g/mol. The van der Waals surface area contributed by atoms with E-state index in [-0.39, 0.29) is 31.4 Å². The summed E-state index contributed by atoms with van der Waals surface area (Å²) in [6.45, 7) is -0.137. The largest absolute Gasteiger partial charge is 0.489 e. The maximum Gasteiger partial charge on any atom is 0.235 e. The summed E-state index contributed by atoms with van der Waals surface area (Å²) >= 11 is 11.9. The van der Waals surface area contributed by atoms with Crippen LogP contribution < -0.4 is 4.74 Å². The van der Waals surface area contributed by atoms with Gasteiger partial charge in [-0.25, -0.2) is 0 Å². The van der Waals surface area contributed by atoms with Gasteiger partial charge in [0.15, 0.2) is 0 Å². The number of aliphatic hydroxyl groups excluding tert-OH is 1. The van der Waals surface area contributed by atoms with Crippen molar-refractivity contribution >= 4 is 35.0 Å². The van der Waals surface area contributed by atoms with Crippen molar-refractivity contribution < 1.29 is 19.4 Å². The number of hydrogen-bond acceptors (Lipinski definition) is 4. The Morgan fingerprint density at radius 2 is 1.96 bits per heavy atom. The smallest absolute Gasteiger partial charge is 0.235 e. The fraction of sp³-hybridized carbons (Fsp3) is 0.529. The predicted octanol–water partition coefficient (Wildman–Crippen LogP) is 3.05. The van der Waals surface area contributed by atoms with Gasteiger partial charge in [-0.3, -0.25) is 14.5 Å². The maximum atomic E-state index is 12.6. The van der Waals surface area contributed by atoms with Crippen molar-refractivity contribution in [1.82, 2.24) is 4.90 Å². The Hall–Kier alpha value is -1.30. The van der Waals surface area contributed by atoms with Crippen molar-refractivity contribution in [1.29, 1.82) is 0 Å². The van der Waals surface area contributed by atoms with Crippen LogP contribution in [0.5, 0.6) is 5.75 Å². The molecule has 1 aromatic rings. The van der Waals surface area contributed by atoms with Gasteiger partial charge in [0, 0.05) is 17.5 Å². The highest BCUT2D eigenvalue weighted by Gasteiger charge is 2.52. The fourth-order valence-electron chi connectivity index (χ4n) is 3.52.